The minimum Gasteiger partial charge on any atom is -0.373 e. The van der Waals surface area contributed by atoms with Crippen LogP contribution in [0.4, 0.5) is 10.1 Å². The normalized spacial score (nSPS) is 10.9. The first-order valence-electron chi connectivity index (χ1n) is 8.09. The van der Waals surface area contributed by atoms with Gasteiger partial charge in [-0.15, -0.1) is 0 Å². The number of hydrogen-bond acceptors (Lipinski definition) is 4. The van der Waals surface area contributed by atoms with Crippen molar-refractivity contribution in [3.8, 4) is 0 Å². The number of nitrogens with zero attached hydrogens (tertiary/aromatic N) is 4. The third-order valence-electron chi connectivity index (χ3n) is 4.15. The standard InChI is InChI=1S/C18H20FN5O/c1-4-23(3)15-7-6-13(10-14(15)19)11-21-18(25)16-12(2)22-24-9-5-8-20-17(16)24/h5-10H,4,11H2,1-3H3,(H,21,25). The number of nitrogens with one attached hydrogen (secondary N) is 1. The number of aryl methyl sites for hydroxylation is 1. The van der Waals surface area contributed by atoms with E-state index in [9.17, 15) is 9.18 Å². The predicted molar refractivity (Wildman–Crippen MR) is 94.2 cm³/mol. The van der Waals surface area contributed by atoms with Gasteiger partial charge in [0, 0.05) is 32.5 Å². The molecule has 0 aliphatic carbocycles. The summed E-state index contributed by atoms with van der Waals surface area (Å²) in [7, 11) is 1.83. The average molecular weight is 341 g/mol. The second-order valence-electron chi connectivity index (χ2n) is 5.83. The first kappa shape index (κ1) is 16.9. The molecule has 3 aromatic rings. The van der Waals surface area contributed by atoms with E-state index < -0.39 is 0 Å². The quantitative estimate of drug-likeness (QED) is 0.775. The van der Waals surface area contributed by atoms with Crippen LogP contribution in [-0.2, 0) is 6.54 Å². The molecule has 1 aromatic carbocycles. The molecule has 1 amide bonds. The zero-order chi connectivity index (χ0) is 18.0. The lowest BCUT2D eigenvalue weighted by molar-refractivity contribution is 0.0951. The summed E-state index contributed by atoms with van der Waals surface area (Å²) in [5.41, 5.74) is 2.77. The fraction of sp³-hybridized carbons (Fsp3) is 0.278. The molecule has 6 nitrogen and oxygen atoms in total. The zero-order valence-electron chi connectivity index (χ0n) is 14.5. The second kappa shape index (κ2) is 6.88. The van der Waals surface area contributed by atoms with Crippen LogP contribution >= 0.6 is 0 Å². The first-order chi connectivity index (χ1) is 12.0. The van der Waals surface area contributed by atoms with Gasteiger partial charge in [0.05, 0.1) is 11.4 Å². The minimum atomic E-state index is -0.301. The summed E-state index contributed by atoms with van der Waals surface area (Å²) < 4.78 is 15.7. The van der Waals surface area contributed by atoms with E-state index in [0.29, 0.717) is 34.7 Å². The van der Waals surface area contributed by atoms with Gasteiger partial charge in [0.25, 0.3) is 5.91 Å². The van der Waals surface area contributed by atoms with Crippen LogP contribution in [-0.4, -0.2) is 34.1 Å². The maximum atomic E-state index is 14.2. The van der Waals surface area contributed by atoms with Gasteiger partial charge in [0.1, 0.15) is 11.4 Å². The molecule has 0 bridgehead atoms. The van der Waals surface area contributed by atoms with Gasteiger partial charge < -0.3 is 10.2 Å². The molecule has 0 atom stereocenters. The molecule has 3 rings (SSSR count). The van der Waals surface area contributed by atoms with Crippen LogP contribution < -0.4 is 10.2 Å². The van der Waals surface area contributed by atoms with Crippen LogP contribution in [0.15, 0.2) is 36.7 Å². The monoisotopic (exact) mass is 341 g/mol. The number of hydrogen-bond donors (Lipinski definition) is 1. The van der Waals surface area contributed by atoms with Crippen molar-refractivity contribution in [1.82, 2.24) is 19.9 Å². The van der Waals surface area contributed by atoms with Crippen molar-refractivity contribution in [1.29, 1.82) is 0 Å². The van der Waals surface area contributed by atoms with Gasteiger partial charge in [-0.05, 0) is 37.6 Å². The molecule has 130 valence electrons. The highest BCUT2D eigenvalue weighted by atomic mass is 19.1. The number of carbonyl (C=O) groups is 1. The number of halogens is 1. The molecule has 0 unspecified atom stereocenters. The summed E-state index contributed by atoms with van der Waals surface area (Å²) >= 11 is 0. The molecule has 0 fully saturated rings. The molecule has 25 heavy (non-hydrogen) atoms. The van der Waals surface area contributed by atoms with Gasteiger partial charge in [-0.1, -0.05) is 6.07 Å². The number of fused-ring (bicyclic) bond motifs is 1. The Bertz CT molecular complexity index is 921. The van der Waals surface area contributed by atoms with E-state index in [1.807, 2.05) is 24.9 Å². The predicted octanol–water partition coefficient (Wildman–Crippen LogP) is 2.56. The van der Waals surface area contributed by atoms with Crippen LogP contribution in [0.3, 0.4) is 0 Å². The van der Waals surface area contributed by atoms with Crippen LogP contribution in [0.25, 0.3) is 5.65 Å². The molecule has 2 aromatic heterocycles. The highest BCUT2D eigenvalue weighted by molar-refractivity contribution is 6.00. The number of aromatic nitrogens is 3. The number of carbonyl (C=O) groups excluding carboxylic acids is 1. The van der Waals surface area contributed by atoms with Gasteiger partial charge in [-0.3, -0.25) is 4.79 Å². The molecular weight excluding hydrogens is 321 g/mol. The first-order valence-corrected chi connectivity index (χ1v) is 8.09. The van der Waals surface area contributed by atoms with E-state index >= 15 is 0 Å². The zero-order valence-corrected chi connectivity index (χ0v) is 14.5. The molecular formula is C18H20FN5O. The van der Waals surface area contributed by atoms with Gasteiger partial charge in [0.15, 0.2) is 5.65 Å². The lowest BCUT2D eigenvalue weighted by Crippen LogP contribution is -2.24. The van der Waals surface area contributed by atoms with E-state index in [1.165, 1.54) is 6.07 Å². The van der Waals surface area contributed by atoms with Gasteiger partial charge >= 0.3 is 0 Å². The van der Waals surface area contributed by atoms with Crippen LogP contribution in [0.5, 0.6) is 0 Å². The molecule has 1 N–H and O–H groups in total. The molecule has 0 aliphatic heterocycles. The van der Waals surface area contributed by atoms with E-state index in [1.54, 1.807) is 36.0 Å². The summed E-state index contributed by atoms with van der Waals surface area (Å²) in [5, 5.41) is 7.08. The number of amides is 1. The largest absolute Gasteiger partial charge is 0.373 e. The molecule has 0 radical (unpaired) electrons. The summed E-state index contributed by atoms with van der Waals surface area (Å²) in [4.78, 5) is 18.5. The maximum Gasteiger partial charge on any atom is 0.257 e. The lowest BCUT2D eigenvalue weighted by Gasteiger charge is -2.18. The lowest BCUT2D eigenvalue weighted by atomic mass is 10.1. The van der Waals surface area contributed by atoms with Gasteiger partial charge in [-0.2, -0.15) is 5.10 Å². The second-order valence-corrected chi connectivity index (χ2v) is 5.83. The van der Waals surface area contributed by atoms with E-state index in [-0.39, 0.29) is 18.3 Å². The van der Waals surface area contributed by atoms with Gasteiger partial charge in [-0.25, -0.2) is 13.9 Å². The molecule has 7 heteroatoms. The van der Waals surface area contributed by atoms with Crippen molar-refractivity contribution in [3.05, 3.63) is 59.3 Å². The molecule has 2 heterocycles. The Labute approximate surface area is 145 Å². The molecule has 0 spiro atoms. The Morgan fingerprint density at radius 3 is 2.92 bits per heavy atom. The maximum absolute atomic E-state index is 14.2. The smallest absolute Gasteiger partial charge is 0.257 e. The van der Waals surface area contributed by atoms with Crippen molar-refractivity contribution in [2.24, 2.45) is 0 Å². The Hall–Kier alpha value is -2.96. The highest BCUT2D eigenvalue weighted by Gasteiger charge is 2.18. The van der Waals surface area contributed by atoms with Gasteiger partial charge in [0.2, 0.25) is 0 Å². The van der Waals surface area contributed by atoms with E-state index in [4.69, 9.17) is 0 Å². The number of anilines is 1. The highest BCUT2D eigenvalue weighted by Crippen LogP contribution is 2.19. The Balaban J connectivity index is 1.76. The Morgan fingerprint density at radius 2 is 2.20 bits per heavy atom. The summed E-state index contributed by atoms with van der Waals surface area (Å²) in [5.74, 6) is -0.578. The van der Waals surface area contributed by atoms with Crippen LogP contribution in [0.1, 0.15) is 28.5 Å². The van der Waals surface area contributed by atoms with Crippen molar-refractivity contribution in [2.45, 2.75) is 20.4 Å². The SMILES string of the molecule is CCN(C)c1ccc(CNC(=O)c2c(C)nn3cccnc23)cc1F. The average Bonchev–Trinajstić information content (AvgIpc) is 2.95. The summed E-state index contributed by atoms with van der Waals surface area (Å²) in [6, 6.07) is 6.73. The third-order valence-corrected chi connectivity index (χ3v) is 4.15. The molecule has 0 saturated carbocycles. The fourth-order valence-corrected chi connectivity index (χ4v) is 2.67. The van der Waals surface area contributed by atoms with Crippen molar-refractivity contribution < 1.29 is 9.18 Å². The van der Waals surface area contributed by atoms with Crippen LogP contribution in [0.2, 0.25) is 0 Å². The summed E-state index contributed by atoms with van der Waals surface area (Å²) in [6.45, 7) is 4.67. The number of benzene rings is 1. The molecule has 0 saturated heterocycles. The summed E-state index contributed by atoms with van der Waals surface area (Å²) in [6.07, 6.45) is 3.36. The Kier molecular flexibility index (Phi) is 4.65. The Morgan fingerprint density at radius 1 is 1.40 bits per heavy atom. The van der Waals surface area contributed by atoms with Crippen molar-refractivity contribution >= 4 is 17.2 Å². The fourth-order valence-electron chi connectivity index (χ4n) is 2.67. The van der Waals surface area contributed by atoms with E-state index in [2.05, 4.69) is 15.4 Å². The van der Waals surface area contributed by atoms with Crippen molar-refractivity contribution in [3.63, 3.8) is 0 Å². The number of rotatable bonds is 5. The molecule has 0 aliphatic rings. The van der Waals surface area contributed by atoms with Crippen LogP contribution in [0, 0.1) is 12.7 Å². The van der Waals surface area contributed by atoms with Crippen molar-refractivity contribution in [2.75, 3.05) is 18.5 Å². The topological polar surface area (TPSA) is 62.5 Å². The minimum absolute atomic E-state index is 0.232. The third kappa shape index (κ3) is 3.31. The van der Waals surface area contributed by atoms with E-state index in [0.717, 1.165) is 0 Å².